The number of nitrogens with zero attached hydrogens (tertiary/aromatic N) is 2. The number of benzene rings is 2. The van der Waals surface area contributed by atoms with E-state index in [1.165, 1.54) is 0 Å². The molecule has 1 saturated heterocycles. The molecule has 0 spiro atoms. The number of carbonyl (C=O) groups excluding carboxylic acids is 2. The lowest BCUT2D eigenvalue weighted by molar-refractivity contribution is -0.147. The number of hydrogen-bond donors (Lipinski definition) is 0. The standard InChI is InChI=1S/C21H20N2O3S/c1-3-26-21(25)14-11-19(24)23(12-14)17-9-6-7-15(13(17)2)20-22-16-8-4-5-10-18(16)27-20/h4-10,14H,3,11-12H2,1-2H3. The van der Waals surface area contributed by atoms with Crippen molar-refractivity contribution in [2.75, 3.05) is 18.1 Å². The summed E-state index contributed by atoms with van der Waals surface area (Å²) >= 11 is 1.64. The number of anilines is 1. The Morgan fingerprint density at radius 1 is 1.26 bits per heavy atom. The summed E-state index contributed by atoms with van der Waals surface area (Å²) in [4.78, 5) is 31.0. The van der Waals surface area contributed by atoms with E-state index in [1.807, 2.05) is 43.3 Å². The van der Waals surface area contributed by atoms with Crippen molar-refractivity contribution < 1.29 is 14.3 Å². The predicted octanol–water partition coefficient (Wildman–Crippen LogP) is 4.19. The molecular formula is C21H20N2O3S. The van der Waals surface area contributed by atoms with Crippen LogP contribution < -0.4 is 4.90 Å². The minimum Gasteiger partial charge on any atom is -0.466 e. The van der Waals surface area contributed by atoms with Gasteiger partial charge in [-0.15, -0.1) is 11.3 Å². The summed E-state index contributed by atoms with van der Waals surface area (Å²) in [6.45, 7) is 4.47. The molecule has 0 N–H and O–H groups in total. The molecule has 6 heteroatoms. The first-order valence-corrected chi connectivity index (χ1v) is 9.82. The maximum atomic E-state index is 12.5. The highest BCUT2D eigenvalue weighted by molar-refractivity contribution is 7.21. The Balaban J connectivity index is 1.68. The molecule has 1 unspecified atom stereocenters. The first-order chi connectivity index (χ1) is 13.1. The molecule has 3 aromatic rings. The molecule has 2 aromatic carbocycles. The van der Waals surface area contributed by atoms with Crippen molar-refractivity contribution in [2.24, 2.45) is 5.92 Å². The van der Waals surface area contributed by atoms with Gasteiger partial charge in [0.05, 0.1) is 22.7 Å². The van der Waals surface area contributed by atoms with E-state index in [4.69, 9.17) is 9.72 Å². The Labute approximate surface area is 161 Å². The Morgan fingerprint density at radius 2 is 2.07 bits per heavy atom. The molecule has 2 heterocycles. The molecule has 1 amide bonds. The van der Waals surface area contributed by atoms with E-state index in [0.717, 1.165) is 32.0 Å². The Morgan fingerprint density at radius 3 is 2.85 bits per heavy atom. The molecule has 4 rings (SSSR count). The van der Waals surface area contributed by atoms with Gasteiger partial charge in [0.25, 0.3) is 0 Å². The van der Waals surface area contributed by atoms with Crippen LogP contribution in [-0.2, 0) is 14.3 Å². The SMILES string of the molecule is CCOC(=O)C1CC(=O)N(c2cccc(-c3nc4ccccc4s3)c2C)C1. The molecule has 5 nitrogen and oxygen atoms in total. The van der Waals surface area contributed by atoms with Gasteiger partial charge >= 0.3 is 5.97 Å². The molecular weight excluding hydrogens is 360 g/mol. The van der Waals surface area contributed by atoms with E-state index in [1.54, 1.807) is 23.2 Å². The van der Waals surface area contributed by atoms with Gasteiger partial charge in [0.1, 0.15) is 5.01 Å². The van der Waals surface area contributed by atoms with Crippen LogP contribution >= 0.6 is 11.3 Å². The number of amides is 1. The van der Waals surface area contributed by atoms with Crippen LogP contribution in [0.25, 0.3) is 20.8 Å². The van der Waals surface area contributed by atoms with Crippen LogP contribution in [-0.4, -0.2) is 30.0 Å². The van der Waals surface area contributed by atoms with E-state index in [2.05, 4.69) is 6.07 Å². The molecule has 1 aromatic heterocycles. The molecule has 0 saturated carbocycles. The maximum absolute atomic E-state index is 12.5. The number of rotatable bonds is 4. The number of ether oxygens (including phenoxy) is 1. The third-order valence-electron chi connectivity index (χ3n) is 4.87. The second kappa shape index (κ2) is 7.12. The van der Waals surface area contributed by atoms with Gasteiger partial charge < -0.3 is 9.64 Å². The smallest absolute Gasteiger partial charge is 0.311 e. The second-order valence-corrected chi connectivity index (χ2v) is 7.62. The number of aromatic nitrogens is 1. The summed E-state index contributed by atoms with van der Waals surface area (Å²) in [6.07, 6.45) is 0.198. The molecule has 1 aliphatic heterocycles. The summed E-state index contributed by atoms with van der Waals surface area (Å²) in [5.41, 5.74) is 3.82. The molecule has 138 valence electrons. The van der Waals surface area contributed by atoms with Crippen molar-refractivity contribution in [2.45, 2.75) is 20.3 Å². The van der Waals surface area contributed by atoms with Crippen molar-refractivity contribution in [1.29, 1.82) is 0 Å². The quantitative estimate of drug-likeness (QED) is 0.637. The fraction of sp³-hybridized carbons (Fsp3) is 0.286. The topological polar surface area (TPSA) is 59.5 Å². The van der Waals surface area contributed by atoms with Crippen LogP contribution in [0.1, 0.15) is 18.9 Å². The number of carbonyl (C=O) groups is 2. The van der Waals surface area contributed by atoms with Crippen LogP contribution in [0.4, 0.5) is 5.69 Å². The lowest BCUT2D eigenvalue weighted by Crippen LogP contribution is -2.27. The average molecular weight is 380 g/mol. The lowest BCUT2D eigenvalue weighted by Gasteiger charge is -2.20. The fourth-order valence-electron chi connectivity index (χ4n) is 3.49. The van der Waals surface area contributed by atoms with Gasteiger partial charge in [0, 0.05) is 24.2 Å². The van der Waals surface area contributed by atoms with Crippen LogP contribution in [0.5, 0.6) is 0 Å². The third kappa shape index (κ3) is 3.21. The summed E-state index contributed by atoms with van der Waals surface area (Å²) in [5.74, 6) is -0.742. The number of fused-ring (bicyclic) bond motifs is 1. The van der Waals surface area contributed by atoms with Crippen LogP contribution in [0.3, 0.4) is 0 Å². The highest BCUT2D eigenvalue weighted by atomic mass is 32.1. The second-order valence-electron chi connectivity index (χ2n) is 6.59. The molecule has 0 radical (unpaired) electrons. The van der Waals surface area contributed by atoms with Crippen molar-refractivity contribution in [3.63, 3.8) is 0 Å². The lowest BCUT2D eigenvalue weighted by atomic mass is 10.1. The first-order valence-electron chi connectivity index (χ1n) is 9.01. The van der Waals surface area contributed by atoms with Gasteiger partial charge in [-0.3, -0.25) is 9.59 Å². The summed E-state index contributed by atoms with van der Waals surface area (Å²) in [6, 6.07) is 13.9. The van der Waals surface area contributed by atoms with E-state index in [-0.39, 0.29) is 18.3 Å². The van der Waals surface area contributed by atoms with Crippen molar-refractivity contribution >= 4 is 39.1 Å². The van der Waals surface area contributed by atoms with E-state index >= 15 is 0 Å². The minimum atomic E-state index is -0.400. The average Bonchev–Trinajstić information content (AvgIpc) is 3.26. The molecule has 1 aliphatic rings. The van der Waals surface area contributed by atoms with Gasteiger partial charge in [0.15, 0.2) is 0 Å². The normalized spacial score (nSPS) is 16.9. The Bertz CT molecular complexity index is 994. The van der Waals surface area contributed by atoms with Gasteiger partial charge in [-0.2, -0.15) is 0 Å². The van der Waals surface area contributed by atoms with Crippen LogP contribution in [0.2, 0.25) is 0 Å². The molecule has 1 atom stereocenters. The predicted molar refractivity (Wildman–Crippen MR) is 107 cm³/mol. The van der Waals surface area contributed by atoms with E-state index in [0.29, 0.717) is 13.2 Å². The third-order valence-corrected chi connectivity index (χ3v) is 5.93. The minimum absolute atomic E-state index is 0.0439. The van der Waals surface area contributed by atoms with Crippen molar-refractivity contribution in [1.82, 2.24) is 4.98 Å². The van der Waals surface area contributed by atoms with Gasteiger partial charge in [0.2, 0.25) is 5.91 Å². The zero-order chi connectivity index (χ0) is 19.0. The van der Waals surface area contributed by atoms with Crippen molar-refractivity contribution in [3.8, 4) is 10.6 Å². The molecule has 0 bridgehead atoms. The van der Waals surface area contributed by atoms with Crippen LogP contribution in [0.15, 0.2) is 42.5 Å². The molecule has 27 heavy (non-hydrogen) atoms. The zero-order valence-electron chi connectivity index (χ0n) is 15.3. The summed E-state index contributed by atoms with van der Waals surface area (Å²) in [7, 11) is 0. The van der Waals surface area contributed by atoms with Crippen LogP contribution in [0, 0.1) is 12.8 Å². The maximum Gasteiger partial charge on any atom is 0.311 e. The zero-order valence-corrected chi connectivity index (χ0v) is 16.1. The van der Waals surface area contributed by atoms with Gasteiger partial charge in [-0.25, -0.2) is 4.98 Å². The highest BCUT2D eigenvalue weighted by Gasteiger charge is 2.36. The summed E-state index contributed by atoms with van der Waals surface area (Å²) in [5, 5.41) is 0.934. The number of esters is 1. The molecule has 0 aliphatic carbocycles. The van der Waals surface area contributed by atoms with Gasteiger partial charge in [-0.1, -0.05) is 24.3 Å². The number of para-hydroxylation sites is 1. The largest absolute Gasteiger partial charge is 0.466 e. The van der Waals surface area contributed by atoms with Crippen molar-refractivity contribution in [3.05, 3.63) is 48.0 Å². The van der Waals surface area contributed by atoms with E-state index < -0.39 is 5.92 Å². The summed E-state index contributed by atoms with van der Waals surface area (Å²) < 4.78 is 6.23. The Kier molecular flexibility index (Phi) is 4.66. The van der Waals surface area contributed by atoms with E-state index in [9.17, 15) is 9.59 Å². The monoisotopic (exact) mass is 380 g/mol. The Hall–Kier alpha value is -2.73. The number of thiazole rings is 1. The molecule has 1 fully saturated rings. The number of hydrogen-bond acceptors (Lipinski definition) is 5. The fourth-order valence-corrected chi connectivity index (χ4v) is 4.54. The first kappa shape index (κ1) is 17.7. The highest BCUT2D eigenvalue weighted by Crippen LogP contribution is 2.37. The van der Waals surface area contributed by atoms with Gasteiger partial charge in [-0.05, 0) is 37.6 Å².